The summed E-state index contributed by atoms with van der Waals surface area (Å²) in [6.45, 7) is 9.30. The van der Waals surface area contributed by atoms with Gasteiger partial charge in [-0.25, -0.2) is 22.9 Å². The second-order valence-electron chi connectivity index (χ2n) is 13.8. The van der Waals surface area contributed by atoms with Crippen molar-refractivity contribution in [3.63, 3.8) is 0 Å². The van der Waals surface area contributed by atoms with Crippen molar-refractivity contribution in [3.8, 4) is 11.1 Å². The molecule has 0 aliphatic carbocycles. The van der Waals surface area contributed by atoms with Crippen LogP contribution in [0, 0.1) is 11.6 Å². The first-order chi connectivity index (χ1) is 24.7. The summed E-state index contributed by atoms with van der Waals surface area (Å²) in [6.07, 6.45) is 1.60. The van der Waals surface area contributed by atoms with Crippen LogP contribution in [0.4, 0.5) is 24.5 Å². The molecule has 0 amide bonds. The molecule has 52 heavy (non-hydrogen) atoms. The minimum Gasteiger partial charge on any atom is -0.458 e. The molecule has 2 N–H and O–H groups in total. The van der Waals surface area contributed by atoms with Gasteiger partial charge in [-0.2, -0.15) is 12.7 Å². The van der Waals surface area contributed by atoms with E-state index >= 15 is 8.78 Å². The molecule has 0 unspecified atom stereocenters. The van der Waals surface area contributed by atoms with Gasteiger partial charge in [-0.15, -0.1) is 0 Å². The first kappa shape index (κ1) is 37.3. The summed E-state index contributed by atoms with van der Waals surface area (Å²) >= 11 is 0. The van der Waals surface area contributed by atoms with Crippen molar-refractivity contribution >= 4 is 44.4 Å². The number of ketones is 1. The van der Waals surface area contributed by atoms with Crippen LogP contribution in [-0.2, 0) is 24.5 Å². The number of benzene rings is 2. The molecule has 4 heterocycles. The molecule has 2 aliphatic heterocycles. The minimum atomic E-state index is -4.34. The standard InChI is InChI=1S/C36H41F3N6O6S/c1-36(2,3)51-31(46)22-50-17-16-43-12-14-44(15-13-43)26-6-4-23(5-7-26)24-18-27-28(20-41-35(27)40-19-24)34(47)32-29(38)8-9-30(33(32)39)42-52(48,49)45-11-10-25(37)21-45/h4-9,18-20,25,42H,10-17,21-22H2,1-3H3,(H,40,41)/t25-/m1/s1. The van der Waals surface area contributed by atoms with Gasteiger partial charge in [0, 0.05) is 80.4 Å². The number of aromatic amines is 1. The van der Waals surface area contributed by atoms with Gasteiger partial charge in [0.05, 0.1) is 17.9 Å². The average molecular weight is 743 g/mol. The molecule has 12 nitrogen and oxygen atoms in total. The van der Waals surface area contributed by atoms with Gasteiger partial charge >= 0.3 is 16.2 Å². The molecule has 2 aromatic heterocycles. The predicted molar refractivity (Wildman–Crippen MR) is 190 cm³/mol. The number of H-pyrrole nitrogens is 1. The normalized spacial score (nSPS) is 17.5. The number of hydrogen-bond donors (Lipinski definition) is 2. The van der Waals surface area contributed by atoms with E-state index in [1.807, 2.05) is 49.8 Å². The number of piperazine rings is 1. The fraction of sp³-hybridized carbons (Fsp3) is 0.417. The quantitative estimate of drug-likeness (QED) is 0.118. The number of rotatable bonds is 12. The van der Waals surface area contributed by atoms with Crippen molar-refractivity contribution in [1.82, 2.24) is 19.2 Å². The summed E-state index contributed by atoms with van der Waals surface area (Å²) < 4.78 is 83.3. The Labute approximate surface area is 300 Å². The Morgan fingerprint density at radius 2 is 1.75 bits per heavy atom. The van der Waals surface area contributed by atoms with Gasteiger partial charge in [0.15, 0.2) is 5.82 Å². The average Bonchev–Trinajstić information content (AvgIpc) is 3.74. The topological polar surface area (TPSA) is 137 Å². The molecule has 0 radical (unpaired) electrons. The summed E-state index contributed by atoms with van der Waals surface area (Å²) in [5.74, 6) is -3.94. The monoisotopic (exact) mass is 742 g/mol. The maximum absolute atomic E-state index is 15.6. The van der Waals surface area contributed by atoms with Crippen LogP contribution >= 0.6 is 0 Å². The predicted octanol–water partition coefficient (Wildman–Crippen LogP) is 4.92. The summed E-state index contributed by atoms with van der Waals surface area (Å²) in [5.41, 5.74) is 0.679. The first-order valence-corrected chi connectivity index (χ1v) is 18.4. The minimum absolute atomic E-state index is 0.00693. The summed E-state index contributed by atoms with van der Waals surface area (Å²) in [4.78, 5) is 37.3. The lowest BCUT2D eigenvalue weighted by atomic mass is 9.99. The highest BCUT2D eigenvalue weighted by Gasteiger charge is 2.33. The number of halogens is 3. The van der Waals surface area contributed by atoms with E-state index in [1.165, 1.54) is 6.20 Å². The number of fused-ring (bicyclic) bond motifs is 1. The zero-order chi connectivity index (χ0) is 37.2. The van der Waals surface area contributed by atoms with Gasteiger partial charge in [-0.05, 0) is 63.1 Å². The number of aromatic nitrogens is 2. The lowest BCUT2D eigenvalue weighted by Gasteiger charge is -2.36. The number of ether oxygens (including phenoxy) is 2. The Morgan fingerprint density at radius 3 is 2.42 bits per heavy atom. The second kappa shape index (κ2) is 15.2. The zero-order valence-corrected chi connectivity index (χ0v) is 29.9. The third kappa shape index (κ3) is 8.57. The van der Waals surface area contributed by atoms with Crippen molar-refractivity contribution in [3.05, 3.63) is 77.6 Å². The molecule has 6 rings (SSSR count). The van der Waals surface area contributed by atoms with Crippen LogP contribution in [-0.4, -0.2) is 110 Å². The van der Waals surface area contributed by atoms with E-state index < -0.39 is 50.7 Å². The molecule has 0 spiro atoms. The van der Waals surface area contributed by atoms with Gasteiger partial charge < -0.3 is 19.4 Å². The Hall–Kier alpha value is -4.51. The van der Waals surface area contributed by atoms with Crippen LogP contribution in [0.25, 0.3) is 22.2 Å². The summed E-state index contributed by atoms with van der Waals surface area (Å²) in [5, 5.41) is 0.327. The Balaban J connectivity index is 1.10. The van der Waals surface area contributed by atoms with Crippen LogP contribution in [0.3, 0.4) is 0 Å². The van der Waals surface area contributed by atoms with Crippen molar-refractivity contribution in [2.75, 3.05) is 68.6 Å². The van der Waals surface area contributed by atoms with Gasteiger partial charge in [-0.1, -0.05) is 12.1 Å². The van der Waals surface area contributed by atoms with E-state index in [0.717, 1.165) is 53.9 Å². The zero-order valence-electron chi connectivity index (χ0n) is 29.1. The van der Waals surface area contributed by atoms with Gasteiger partial charge in [-0.3, -0.25) is 14.4 Å². The number of alkyl halides is 1. The fourth-order valence-corrected chi connectivity index (χ4v) is 7.52. The van der Waals surface area contributed by atoms with Gasteiger partial charge in [0.25, 0.3) is 0 Å². The lowest BCUT2D eigenvalue weighted by Crippen LogP contribution is -2.47. The molecule has 2 aliphatic rings. The van der Waals surface area contributed by atoms with E-state index in [2.05, 4.69) is 19.8 Å². The molecule has 2 saturated heterocycles. The SMILES string of the molecule is CC(C)(C)OC(=O)COCCN1CCN(c2ccc(-c3cnc4[nH]cc(C(=O)c5c(F)ccc(NS(=O)(=O)N6CC[C@@H](F)C6)c5F)c4c3)cc2)CC1. The van der Waals surface area contributed by atoms with E-state index in [0.29, 0.717) is 29.7 Å². The highest BCUT2D eigenvalue weighted by Crippen LogP contribution is 2.31. The number of hydrogen-bond acceptors (Lipinski definition) is 9. The molecular formula is C36H41F3N6O6S. The Bertz CT molecular complexity index is 2050. The molecule has 278 valence electrons. The largest absolute Gasteiger partial charge is 0.458 e. The maximum atomic E-state index is 15.6. The maximum Gasteiger partial charge on any atom is 0.332 e. The molecule has 2 aromatic carbocycles. The van der Waals surface area contributed by atoms with Crippen molar-refractivity contribution in [2.24, 2.45) is 0 Å². The number of nitrogens with one attached hydrogen (secondary N) is 2. The lowest BCUT2D eigenvalue weighted by molar-refractivity contribution is -0.160. The number of pyridine rings is 1. The van der Waals surface area contributed by atoms with Crippen LogP contribution in [0.2, 0.25) is 0 Å². The molecule has 2 fully saturated rings. The van der Waals surface area contributed by atoms with Crippen molar-refractivity contribution < 1.29 is 40.7 Å². The molecule has 1 atom stereocenters. The molecular weight excluding hydrogens is 701 g/mol. The van der Waals surface area contributed by atoms with E-state index in [4.69, 9.17) is 9.47 Å². The highest BCUT2D eigenvalue weighted by molar-refractivity contribution is 7.90. The fourth-order valence-electron chi connectivity index (χ4n) is 6.25. The van der Waals surface area contributed by atoms with E-state index in [-0.39, 0.29) is 37.6 Å². The summed E-state index contributed by atoms with van der Waals surface area (Å²) in [7, 11) is -4.34. The van der Waals surface area contributed by atoms with Gasteiger partial charge in [0.2, 0.25) is 5.78 Å². The number of carbonyl (C=O) groups is 2. The smallest absolute Gasteiger partial charge is 0.332 e. The third-order valence-electron chi connectivity index (χ3n) is 8.90. The molecule has 0 saturated carbocycles. The first-order valence-electron chi connectivity index (χ1n) is 17.0. The summed E-state index contributed by atoms with van der Waals surface area (Å²) in [6, 6.07) is 11.2. The van der Waals surface area contributed by atoms with E-state index in [1.54, 1.807) is 12.3 Å². The third-order valence-corrected chi connectivity index (χ3v) is 10.4. The van der Waals surface area contributed by atoms with E-state index in [9.17, 15) is 22.4 Å². The van der Waals surface area contributed by atoms with Crippen LogP contribution in [0.5, 0.6) is 0 Å². The highest BCUT2D eigenvalue weighted by atomic mass is 32.2. The van der Waals surface area contributed by atoms with Crippen molar-refractivity contribution in [2.45, 2.75) is 39.0 Å². The van der Waals surface area contributed by atoms with Crippen molar-refractivity contribution in [1.29, 1.82) is 0 Å². The second-order valence-corrected chi connectivity index (χ2v) is 15.5. The number of esters is 1. The van der Waals surface area contributed by atoms with Gasteiger partial charge in [0.1, 0.15) is 29.8 Å². The molecule has 16 heteroatoms. The number of anilines is 2. The Kier molecular flexibility index (Phi) is 10.9. The number of nitrogens with zero attached hydrogens (tertiary/aromatic N) is 4. The Morgan fingerprint density at radius 1 is 1.02 bits per heavy atom. The molecule has 0 bridgehead atoms. The van der Waals surface area contributed by atoms with Crippen LogP contribution in [0.1, 0.15) is 43.1 Å². The van der Waals surface area contributed by atoms with Crippen LogP contribution in [0.15, 0.2) is 54.9 Å². The number of carbonyl (C=O) groups excluding carboxylic acids is 2. The van der Waals surface area contributed by atoms with Crippen LogP contribution < -0.4 is 9.62 Å². The molecule has 4 aromatic rings.